The molecular formula is C18H19NO2S. The summed E-state index contributed by atoms with van der Waals surface area (Å²) in [7, 11) is -1.10. The fraction of sp³-hybridized carbons (Fsp3) is 0.278. The topological polar surface area (TPSA) is 38.7 Å². The molecular weight excluding hydrogens is 294 g/mol. The van der Waals surface area contributed by atoms with Gasteiger partial charge in [0.15, 0.2) is 5.90 Å². The van der Waals surface area contributed by atoms with E-state index >= 15 is 0 Å². The third kappa shape index (κ3) is 3.83. The largest absolute Gasteiger partial charge is 0.478 e. The van der Waals surface area contributed by atoms with Crippen LogP contribution in [0.5, 0.6) is 0 Å². The molecule has 4 heteroatoms. The Kier molecular flexibility index (Phi) is 4.68. The van der Waals surface area contributed by atoms with Crippen molar-refractivity contribution in [2.75, 3.05) is 12.4 Å². The minimum absolute atomic E-state index is 0.132. The van der Waals surface area contributed by atoms with E-state index in [0.29, 0.717) is 18.3 Å². The summed E-state index contributed by atoms with van der Waals surface area (Å²) in [6.45, 7) is 2.60. The van der Waals surface area contributed by atoms with Gasteiger partial charge in [-0.25, -0.2) is 4.99 Å². The van der Waals surface area contributed by atoms with Crippen LogP contribution >= 0.6 is 0 Å². The molecule has 0 N–H and O–H groups in total. The Morgan fingerprint density at radius 2 is 1.86 bits per heavy atom. The zero-order valence-corrected chi connectivity index (χ0v) is 13.4. The van der Waals surface area contributed by atoms with Crippen molar-refractivity contribution < 1.29 is 8.95 Å². The van der Waals surface area contributed by atoms with Gasteiger partial charge in [0.1, 0.15) is 12.4 Å². The van der Waals surface area contributed by atoms with E-state index in [9.17, 15) is 4.21 Å². The van der Waals surface area contributed by atoms with Gasteiger partial charge in [0.05, 0.1) is 16.8 Å². The number of nitrogens with zero attached hydrogens (tertiary/aromatic N) is 1. The lowest BCUT2D eigenvalue weighted by atomic mass is 10.1. The van der Waals surface area contributed by atoms with Gasteiger partial charge >= 0.3 is 0 Å². The summed E-state index contributed by atoms with van der Waals surface area (Å²) >= 11 is 0. The molecule has 0 saturated carbocycles. The summed E-state index contributed by atoms with van der Waals surface area (Å²) in [5, 5.41) is 0. The van der Waals surface area contributed by atoms with E-state index in [0.717, 1.165) is 16.9 Å². The Labute approximate surface area is 133 Å². The average molecular weight is 313 g/mol. The van der Waals surface area contributed by atoms with Gasteiger partial charge in [-0.1, -0.05) is 48.0 Å². The molecule has 0 spiro atoms. The second kappa shape index (κ2) is 6.88. The molecule has 0 fully saturated rings. The number of hydrogen-bond donors (Lipinski definition) is 0. The van der Waals surface area contributed by atoms with Crippen LogP contribution in [-0.4, -0.2) is 28.5 Å². The van der Waals surface area contributed by atoms with E-state index in [1.165, 1.54) is 5.56 Å². The lowest BCUT2D eigenvalue weighted by molar-refractivity contribution is 0.314. The second-order valence-corrected chi connectivity index (χ2v) is 6.93. The van der Waals surface area contributed by atoms with Crippen molar-refractivity contribution in [1.29, 1.82) is 0 Å². The molecule has 1 heterocycles. The van der Waals surface area contributed by atoms with Crippen LogP contribution < -0.4 is 0 Å². The van der Waals surface area contributed by atoms with Crippen molar-refractivity contribution in [3.8, 4) is 0 Å². The van der Waals surface area contributed by atoms with E-state index in [1.807, 2.05) is 49.4 Å². The van der Waals surface area contributed by atoms with Crippen LogP contribution in [0.15, 0.2) is 64.5 Å². The van der Waals surface area contributed by atoms with Crippen LogP contribution in [0, 0.1) is 6.92 Å². The molecule has 114 valence electrons. The van der Waals surface area contributed by atoms with Gasteiger partial charge in [-0.15, -0.1) is 0 Å². The Morgan fingerprint density at radius 3 is 2.59 bits per heavy atom. The monoisotopic (exact) mass is 313 g/mol. The molecule has 1 aliphatic rings. The molecule has 0 radical (unpaired) electrons. The number of aliphatic imine (C=N–C) groups is 1. The van der Waals surface area contributed by atoms with Gasteiger partial charge in [0, 0.05) is 4.90 Å². The van der Waals surface area contributed by atoms with Crippen molar-refractivity contribution in [2.24, 2.45) is 4.99 Å². The third-order valence-corrected chi connectivity index (χ3v) is 4.93. The minimum Gasteiger partial charge on any atom is -0.478 e. The van der Waals surface area contributed by atoms with E-state index in [4.69, 9.17) is 4.74 Å². The van der Waals surface area contributed by atoms with E-state index in [1.54, 1.807) is 0 Å². The van der Waals surface area contributed by atoms with Crippen LogP contribution in [0.1, 0.15) is 11.1 Å². The maximum Gasteiger partial charge on any atom is 0.197 e. The molecule has 2 aromatic carbocycles. The third-order valence-electron chi connectivity index (χ3n) is 3.62. The van der Waals surface area contributed by atoms with Crippen molar-refractivity contribution in [2.45, 2.75) is 24.3 Å². The number of ether oxygens (including phenoxy) is 1. The minimum atomic E-state index is -1.10. The molecule has 0 amide bonds. The Bertz CT molecular complexity index is 680. The molecule has 0 aromatic heterocycles. The SMILES string of the molecule is Cc1ccc([S@](=O)CC2=N[C@@H](Cc3ccccc3)CO2)cc1. The highest BCUT2D eigenvalue weighted by Gasteiger charge is 2.21. The summed E-state index contributed by atoms with van der Waals surface area (Å²) in [6.07, 6.45) is 0.863. The van der Waals surface area contributed by atoms with E-state index in [2.05, 4.69) is 17.1 Å². The Balaban J connectivity index is 1.60. The molecule has 2 atom stereocenters. The Morgan fingerprint density at radius 1 is 1.14 bits per heavy atom. The summed E-state index contributed by atoms with van der Waals surface area (Å²) in [6, 6.07) is 18.2. The normalized spacial score (nSPS) is 18.6. The summed E-state index contributed by atoms with van der Waals surface area (Å²) in [5.74, 6) is 0.966. The first kappa shape index (κ1) is 15.0. The maximum atomic E-state index is 12.3. The average Bonchev–Trinajstić information content (AvgIpc) is 2.96. The zero-order chi connectivity index (χ0) is 15.4. The number of hydrogen-bond acceptors (Lipinski definition) is 3. The smallest absolute Gasteiger partial charge is 0.197 e. The molecule has 0 unspecified atom stereocenters. The lowest BCUT2D eigenvalue weighted by Crippen LogP contribution is -2.11. The maximum absolute atomic E-state index is 12.3. The molecule has 22 heavy (non-hydrogen) atoms. The highest BCUT2D eigenvalue weighted by Crippen LogP contribution is 2.14. The van der Waals surface area contributed by atoms with Gasteiger partial charge in [-0.2, -0.15) is 0 Å². The van der Waals surface area contributed by atoms with Gasteiger partial charge in [0.25, 0.3) is 0 Å². The van der Waals surface area contributed by atoms with Crippen molar-refractivity contribution in [3.63, 3.8) is 0 Å². The number of benzene rings is 2. The van der Waals surface area contributed by atoms with Crippen LogP contribution in [0.3, 0.4) is 0 Å². The van der Waals surface area contributed by atoms with Crippen molar-refractivity contribution in [3.05, 3.63) is 65.7 Å². The first-order valence-corrected chi connectivity index (χ1v) is 8.71. The van der Waals surface area contributed by atoms with Gasteiger partial charge < -0.3 is 4.74 Å². The highest BCUT2D eigenvalue weighted by atomic mass is 32.2. The van der Waals surface area contributed by atoms with Crippen LogP contribution in [0.25, 0.3) is 0 Å². The highest BCUT2D eigenvalue weighted by molar-refractivity contribution is 7.85. The molecule has 0 aliphatic carbocycles. The van der Waals surface area contributed by atoms with Crippen LogP contribution in [-0.2, 0) is 22.0 Å². The van der Waals surface area contributed by atoms with Crippen molar-refractivity contribution in [1.82, 2.24) is 0 Å². The fourth-order valence-electron chi connectivity index (χ4n) is 2.43. The molecule has 2 aromatic rings. The van der Waals surface area contributed by atoms with E-state index < -0.39 is 10.8 Å². The summed E-state index contributed by atoms with van der Waals surface area (Å²) in [4.78, 5) is 5.39. The number of rotatable bonds is 5. The van der Waals surface area contributed by atoms with Gasteiger partial charge in [0.2, 0.25) is 0 Å². The van der Waals surface area contributed by atoms with Crippen LogP contribution in [0.2, 0.25) is 0 Å². The summed E-state index contributed by atoms with van der Waals surface area (Å²) in [5.41, 5.74) is 2.42. The predicted molar refractivity (Wildman–Crippen MR) is 89.8 cm³/mol. The fourth-order valence-corrected chi connectivity index (χ4v) is 3.41. The molecule has 3 rings (SSSR count). The first-order chi connectivity index (χ1) is 10.7. The Hall–Kier alpha value is -1.94. The second-order valence-electron chi connectivity index (χ2n) is 5.48. The van der Waals surface area contributed by atoms with Gasteiger partial charge in [-0.3, -0.25) is 4.21 Å². The summed E-state index contributed by atoms with van der Waals surface area (Å²) < 4.78 is 17.9. The first-order valence-electron chi connectivity index (χ1n) is 7.39. The molecule has 1 aliphatic heterocycles. The standard InChI is InChI=1S/C18H19NO2S/c1-14-7-9-17(10-8-14)22(20)13-18-19-16(12-21-18)11-15-5-3-2-4-6-15/h2-10,16H,11-13H2,1H3/t16-,22+/m0/s1. The molecule has 0 bridgehead atoms. The number of aryl methyl sites for hydroxylation is 1. The lowest BCUT2D eigenvalue weighted by Gasteiger charge is -2.04. The van der Waals surface area contributed by atoms with Crippen LogP contribution in [0.4, 0.5) is 0 Å². The van der Waals surface area contributed by atoms with Crippen molar-refractivity contribution >= 4 is 16.7 Å². The molecule has 3 nitrogen and oxygen atoms in total. The zero-order valence-electron chi connectivity index (χ0n) is 12.6. The van der Waals surface area contributed by atoms with Gasteiger partial charge in [-0.05, 0) is 31.0 Å². The van der Waals surface area contributed by atoms with E-state index in [-0.39, 0.29) is 6.04 Å². The quantitative estimate of drug-likeness (QED) is 0.850. The molecule has 0 saturated heterocycles. The predicted octanol–water partition coefficient (Wildman–Crippen LogP) is 3.14.